The van der Waals surface area contributed by atoms with Crippen molar-refractivity contribution in [3.63, 3.8) is 0 Å². The highest BCUT2D eigenvalue weighted by molar-refractivity contribution is 6.41. The second-order valence-electron chi connectivity index (χ2n) is 12.5. The number of pyridine rings is 1. The molecule has 2 aliphatic rings. The maximum absolute atomic E-state index is 12.6. The van der Waals surface area contributed by atoms with Crippen molar-refractivity contribution in [2.75, 3.05) is 54.1 Å². The van der Waals surface area contributed by atoms with Crippen LogP contribution in [-0.2, 0) is 32.0 Å². The average molecular weight is 797 g/mol. The third-order valence-corrected chi connectivity index (χ3v) is 8.74. The van der Waals surface area contributed by atoms with Crippen LogP contribution < -0.4 is 26.2 Å². The number of methoxy groups -OCH3 is 1. The zero-order chi connectivity index (χ0) is 41.2. The Balaban J connectivity index is 0.000000501. The summed E-state index contributed by atoms with van der Waals surface area (Å²) in [5, 5.41) is 21.4. The Bertz CT molecular complexity index is 1900. The van der Waals surface area contributed by atoms with E-state index in [1.807, 2.05) is 6.92 Å². The number of esters is 1. The van der Waals surface area contributed by atoms with Crippen LogP contribution in [0, 0.1) is 0 Å². The van der Waals surface area contributed by atoms with Crippen molar-refractivity contribution in [3.05, 3.63) is 65.1 Å². The fraction of sp³-hybridized carbons (Fsp3) is 0.429. The number of fused-ring (bicyclic) bond motifs is 1. The largest absolute Gasteiger partial charge is 0.480 e. The van der Waals surface area contributed by atoms with Gasteiger partial charge < -0.3 is 36.0 Å². The summed E-state index contributed by atoms with van der Waals surface area (Å²) in [6.07, 6.45) is -5.32. The molecule has 0 radical (unpaired) electrons. The van der Waals surface area contributed by atoms with Gasteiger partial charge in [-0.2, -0.15) is 26.3 Å². The lowest BCUT2D eigenvalue weighted by Gasteiger charge is -2.34. The highest BCUT2D eigenvalue weighted by Crippen LogP contribution is 2.33. The van der Waals surface area contributed by atoms with Gasteiger partial charge in [-0.05, 0) is 61.9 Å². The molecule has 0 aliphatic carbocycles. The van der Waals surface area contributed by atoms with Crippen LogP contribution >= 0.6 is 0 Å². The Labute approximate surface area is 315 Å². The van der Waals surface area contributed by atoms with Crippen LogP contribution in [-0.4, -0.2) is 101 Å². The number of hydrogen-bond acceptors (Lipinski definition) is 12. The minimum Gasteiger partial charge on any atom is -0.480 e. The van der Waals surface area contributed by atoms with Crippen LogP contribution in [0.2, 0.25) is 0 Å². The SMILES string of the molecule is CCc1c(NC[C@H](NC(=O)Nc2cccc(C(=O)OC)c2)C(=O)O)ncnc1N1CCC(c2ccc3c(n2)NCCC3)CC1.O=C(C(=O)C(F)(F)F)C(F)(F)F. The van der Waals surface area contributed by atoms with Crippen molar-refractivity contribution in [3.8, 4) is 0 Å². The van der Waals surface area contributed by atoms with Gasteiger partial charge in [0.1, 0.15) is 29.8 Å². The Morgan fingerprint density at radius 2 is 1.68 bits per heavy atom. The molecular formula is C35H38F6N8O7. The second-order valence-corrected chi connectivity index (χ2v) is 12.5. The number of carbonyl (C=O) groups excluding carboxylic acids is 4. The first-order valence-electron chi connectivity index (χ1n) is 17.2. The Morgan fingerprint density at radius 1 is 1.00 bits per heavy atom. The van der Waals surface area contributed by atoms with Gasteiger partial charge in [-0.15, -0.1) is 0 Å². The van der Waals surface area contributed by atoms with Crippen LogP contribution in [0.15, 0.2) is 42.7 Å². The van der Waals surface area contributed by atoms with Gasteiger partial charge in [0.05, 0.1) is 12.7 Å². The number of carbonyl (C=O) groups is 5. The number of urea groups is 1. The lowest BCUT2D eigenvalue weighted by atomic mass is 9.92. The van der Waals surface area contributed by atoms with Crippen molar-refractivity contribution in [2.45, 2.75) is 63.3 Å². The minimum atomic E-state index is -5.77. The standard InChI is InChI=1S/C31H38N8O5.C4F6O2/c1-3-23-27(33-17-25(29(40)41)38-31(43)36-22-8-4-6-21(16-22)30(42)44-2)34-18-35-28(23)39-14-11-19(12-15-39)24-10-9-20-7-5-13-32-26(20)37-24;5-3(6,7)1(11)2(12)4(8,9)10/h4,6,8-10,16,18-19,25H,3,5,7,11-15,17H2,1-2H3,(H,32,37)(H,40,41)(H,33,34,35)(H2,36,38,43);/t25-;/m0./s1. The Hall–Kier alpha value is -6.02. The van der Waals surface area contributed by atoms with Gasteiger partial charge in [0.2, 0.25) is 0 Å². The van der Waals surface area contributed by atoms with Crippen LogP contribution in [0.3, 0.4) is 0 Å². The van der Waals surface area contributed by atoms with Crippen molar-refractivity contribution in [1.82, 2.24) is 20.3 Å². The van der Waals surface area contributed by atoms with Crippen molar-refractivity contribution >= 4 is 52.7 Å². The number of alkyl halides is 6. The molecule has 0 bridgehead atoms. The molecule has 1 fully saturated rings. The van der Waals surface area contributed by atoms with Gasteiger partial charge in [0.15, 0.2) is 0 Å². The highest BCUT2D eigenvalue weighted by Gasteiger charge is 2.54. The van der Waals surface area contributed by atoms with Gasteiger partial charge in [0.25, 0.3) is 0 Å². The number of benzene rings is 1. The van der Waals surface area contributed by atoms with E-state index >= 15 is 0 Å². The van der Waals surface area contributed by atoms with E-state index in [-0.39, 0.29) is 12.1 Å². The first-order chi connectivity index (χ1) is 26.4. The molecule has 302 valence electrons. The molecule has 1 aromatic carbocycles. The van der Waals surface area contributed by atoms with Gasteiger partial charge in [-0.25, -0.2) is 29.3 Å². The van der Waals surface area contributed by atoms with Gasteiger partial charge >= 0.3 is 41.9 Å². The summed E-state index contributed by atoms with van der Waals surface area (Å²) in [7, 11) is 1.26. The molecule has 15 nitrogen and oxygen atoms in total. The predicted octanol–water partition coefficient (Wildman–Crippen LogP) is 4.90. The molecule has 1 saturated heterocycles. The van der Waals surface area contributed by atoms with Crippen molar-refractivity contribution < 1.29 is 60.2 Å². The molecule has 2 amide bonds. The minimum absolute atomic E-state index is 0.103. The van der Waals surface area contributed by atoms with Gasteiger partial charge in [0, 0.05) is 49.0 Å². The summed E-state index contributed by atoms with van der Waals surface area (Å²) in [5.74, 6) is -5.82. The molecule has 21 heteroatoms. The van der Waals surface area contributed by atoms with E-state index in [1.54, 1.807) is 18.2 Å². The number of aromatic nitrogens is 3. The van der Waals surface area contributed by atoms with E-state index in [1.165, 1.54) is 25.1 Å². The zero-order valence-electron chi connectivity index (χ0n) is 30.0. The summed E-state index contributed by atoms with van der Waals surface area (Å²) in [6.45, 7) is 4.50. The number of halogens is 6. The van der Waals surface area contributed by atoms with E-state index in [9.17, 15) is 55.4 Å². The summed E-state index contributed by atoms with van der Waals surface area (Å²) < 4.78 is 71.7. The molecule has 3 aromatic rings. The number of Topliss-reactive ketones (excluding diaryl/α,β-unsaturated/α-hetero) is 2. The summed E-state index contributed by atoms with van der Waals surface area (Å²) in [5.41, 5.74) is 3.88. The summed E-state index contributed by atoms with van der Waals surface area (Å²) >= 11 is 0. The molecule has 5 rings (SSSR count). The van der Waals surface area contributed by atoms with Crippen LogP contribution in [0.4, 0.5) is 54.3 Å². The number of rotatable bonds is 11. The quantitative estimate of drug-likeness (QED) is 0.0997. The maximum atomic E-state index is 12.6. The van der Waals surface area contributed by atoms with E-state index in [0.29, 0.717) is 23.8 Å². The summed E-state index contributed by atoms with van der Waals surface area (Å²) in [4.78, 5) is 71.8. The number of aliphatic carboxylic acids is 1. The van der Waals surface area contributed by atoms with Crippen LogP contribution in [0.1, 0.15) is 59.3 Å². The van der Waals surface area contributed by atoms with Crippen molar-refractivity contribution in [1.29, 1.82) is 0 Å². The van der Waals surface area contributed by atoms with E-state index in [4.69, 9.17) is 9.72 Å². The third kappa shape index (κ3) is 11.3. The monoisotopic (exact) mass is 796 g/mol. The number of nitrogens with zero attached hydrogens (tertiary/aromatic N) is 4. The van der Waals surface area contributed by atoms with Gasteiger partial charge in [-0.3, -0.25) is 9.59 Å². The van der Waals surface area contributed by atoms with E-state index in [0.717, 1.165) is 68.2 Å². The normalized spacial score (nSPS) is 14.8. The Morgan fingerprint density at radius 3 is 2.29 bits per heavy atom. The van der Waals surface area contributed by atoms with E-state index < -0.39 is 47.9 Å². The fourth-order valence-electron chi connectivity index (χ4n) is 5.93. The fourth-order valence-corrected chi connectivity index (χ4v) is 5.93. The van der Waals surface area contributed by atoms with Gasteiger partial charge in [-0.1, -0.05) is 19.1 Å². The number of anilines is 4. The summed E-state index contributed by atoms with van der Waals surface area (Å²) in [6, 6.07) is 8.55. The molecule has 2 aromatic heterocycles. The van der Waals surface area contributed by atoms with Crippen LogP contribution in [0.25, 0.3) is 0 Å². The topological polar surface area (TPSA) is 205 Å². The first-order valence-corrected chi connectivity index (χ1v) is 17.2. The second kappa shape index (κ2) is 18.5. The molecular weight excluding hydrogens is 758 g/mol. The Kier molecular flexibility index (Phi) is 14.1. The number of carboxylic acids is 1. The number of amides is 2. The lowest BCUT2D eigenvalue weighted by molar-refractivity contribution is -0.193. The molecule has 0 spiro atoms. The first kappa shape index (κ1) is 42.7. The maximum Gasteiger partial charge on any atom is 0.458 e. The average Bonchev–Trinajstić information content (AvgIpc) is 3.17. The number of aryl methyl sites for hydroxylation is 1. The molecule has 2 aliphatic heterocycles. The molecule has 1 atom stereocenters. The molecule has 0 saturated carbocycles. The molecule has 5 N–H and O–H groups in total. The number of piperidine rings is 1. The number of ketones is 2. The number of ether oxygens (including phenoxy) is 1. The van der Waals surface area contributed by atoms with E-state index in [2.05, 4.69) is 48.3 Å². The number of hydrogen-bond donors (Lipinski definition) is 5. The smallest absolute Gasteiger partial charge is 0.458 e. The molecule has 56 heavy (non-hydrogen) atoms. The highest BCUT2D eigenvalue weighted by atomic mass is 19.4. The third-order valence-electron chi connectivity index (χ3n) is 8.74. The zero-order valence-corrected chi connectivity index (χ0v) is 30.0. The number of nitrogens with one attached hydrogen (secondary N) is 4. The van der Waals surface area contributed by atoms with Crippen molar-refractivity contribution in [2.24, 2.45) is 0 Å². The molecule has 0 unspecified atom stereocenters. The lowest BCUT2D eigenvalue weighted by Crippen LogP contribution is -2.47. The predicted molar refractivity (Wildman–Crippen MR) is 189 cm³/mol. The number of carboxylic acid groups (broad SMARTS) is 1. The molecule has 4 heterocycles. The van der Waals surface area contributed by atoms with Crippen LogP contribution in [0.5, 0.6) is 0 Å².